The number of nitrogens with one attached hydrogen (secondary N) is 1. The summed E-state index contributed by atoms with van der Waals surface area (Å²) in [6.07, 6.45) is -2.30. The van der Waals surface area contributed by atoms with Crippen molar-refractivity contribution < 1.29 is 27.0 Å². The van der Waals surface area contributed by atoms with Crippen LogP contribution in [-0.4, -0.2) is 38.1 Å². The van der Waals surface area contributed by atoms with Crippen molar-refractivity contribution in [1.29, 1.82) is 0 Å². The van der Waals surface area contributed by atoms with Crippen LogP contribution in [0.1, 0.15) is 5.69 Å². The quantitative estimate of drug-likeness (QED) is 0.778. The first kappa shape index (κ1) is 15.5. The van der Waals surface area contributed by atoms with Crippen LogP contribution < -0.4 is 14.8 Å². The summed E-state index contributed by atoms with van der Waals surface area (Å²) < 4.78 is 59.3. The summed E-state index contributed by atoms with van der Waals surface area (Å²) in [6, 6.07) is 1.54. The van der Waals surface area contributed by atoms with Crippen molar-refractivity contribution in [3.63, 3.8) is 0 Å². The number of pyridine rings is 1. The third kappa shape index (κ3) is 3.95. The molecule has 1 N–H and O–H groups in total. The predicted molar refractivity (Wildman–Crippen MR) is 60.0 cm³/mol. The second kappa shape index (κ2) is 6.55. The molecule has 0 radical (unpaired) electrons. The van der Waals surface area contributed by atoms with Crippen molar-refractivity contribution in [2.24, 2.45) is 0 Å². The average Bonchev–Trinajstić information content (AvgIpc) is 2.37. The summed E-state index contributed by atoms with van der Waals surface area (Å²) in [5, 5.41) is 2.22. The number of alkyl halides is 4. The van der Waals surface area contributed by atoms with Crippen LogP contribution in [0.5, 0.6) is 11.5 Å². The van der Waals surface area contributed by atoms with Crippen LogP contribution in [0.25, 0.3) is 0 Å². The molecule has 1 aromatic heterocycles. The minimum atomic E-state index is -4.08. The molecule has 0 aliphatic heterocycles. The monoisotopic (exact) mass is 282 g/mol. The molecule has 0 saturated carbocycles. The summed E-state index contributed by atoms with van der Waals surface area (Å²) in [5.41, 5.74) is 0.298. The van der Waals surface area contributed by atoms with Gasteiger partial charge in [0.15, 0.2) is 11.5 Å². The standard InChI is InChI=1S/C11H14F4N2O2/c1-18-8-3-4-17-7(9(8)19-2)5-16-6-11(14,15)10(12)13/h3-4,10,16H,5-6H2,1-2H3. The lowest BCUT2D eigenvalue weighted by molar-refractivity contribution is -0.125. The summed E-state index contributed by atoms with van der Waals surface area (Å²) in [4.78, 5) is 3.92. The Labute approximate surface area is 107 Å². The SMILES string of the molecule is COc1ccnc(CNCC(F)(F)C(F)F)c1OC. The van der Waals surface area contributed by atoms with E-state index >= 15 is 0 Å². The van der Waals surface area contributed by atoms with Gasteiger partial charge in [-0.1, -0.05) is 0 Å². The van der Waals surface area contributed by atoms with Gasteiger partial charge in [-0.15, -0.1) is 0 Å². The number of hydrogen-bond acceptors (Lipinski definition) is 4. The molecule has 0 aromatic carbocycles. The van der Waals surface area contributed by atoms with E-state index in [1.807, 2.05) is 0 Å². The van der Waals surface area contributed by atoms with E-state index < -0.39 is 18.9 Å². The van der Waals surface area contributed by atoms with Crippen LogP contribution in [0.15, 0.2) is 12.3 Å². The zero-order valence-electron chi connectivity index (χ0n) is 10.4. The van der Waals surface area contributed by atoms with Crippen LogP contribution in [0.2, 0.25) is 0 Å². The minimum absolute atomic E-state index is 0.136. The fourth-order valence-electron chi connectivity index (χ4n) is 1.40. The second-order valence-electron chi connectivity index (χ2n) is 3.66. The van der Waals surface area contributed by atoms with Crippen molar-refractivity contribution in [2.45, 2.75) is 18.9 Å². The van der Waals surface area contributed by atoms with Crippen molar-refractivity contribution in [3.05, 3.63) is 18.0 Å². The summed E-state index contributed by atoms with van der Waals surface area (Å²) in [6.45, 7) is -1.28. The smallest absolute Gasteiger partial charge is 0.319 e. The van der Waals surface area contributed by atoms with Gasteiger partial charge < -0.3 is 14.8 Å². The highest BCUT2D eigenvalue weighted by molar-refractivity contribution is 5.42. The van der Waals surface area contributed by atoms with Gasteiger partial charge in [0.1, 0.15) is 0 Å². The molecule has 0 spiro atoms. The molecular formula is C11H14F4N2O2. The Balaban J connectivity index is 2.68. The molecular weight excluding hydrogens is 268 g/mol. The first-order valence-corrected chi connectivity index (χ1v) is 5.35. The maximum atomic E-state index is 12.7. The van der Waals surface area contributed by atoms with Crippen molar-refractivity contribution in [3.8, 4) is 11.5 Å². The Morgan fingerprint density at radius 1 is 1.32 bits per heavy atom. The van der Waals surface area contributed by atoms with Gasteiger partial charge >= 0.3 is 12.3 Å². The van der Waals surface area contributed by atoms with E-state index in [2.05, 4.69) is 10.3 Å². The highest BCUT2D eigenvalue weighted by Gasteiger charge is 2.40. The zero-order chi connectivity index (χ0) is 14.5. The molecule has 108 valence electrons. The molecule has 0 bridgehead atoms. The van der Waals surface area contributed by atoms with Crippen LogP contribution in [-0.2, 0) is 6.54 Å². The van der Waals surface area contributed by atoms with Gasteiger partial charge in [0, 0.05) is 18.8 Å². The van der Waals surface area contributed by atoms with E-state index in [1.165, 1.54) is 26.5 Å². The number of aromatic nitrogens is 1. The highest BCUT2D eigenvalue weighted by Crippen LogP contribution is 2.29. The van der Waals surface area contributed by atoms with Gasteiger partial charge in [-0.25, -0.2) is 8.78 Å². The molecule has 0 unspecified atom stereocenters. The van der Waals surface area contributed by atoms with Crippen LogP contribution >= 0.6 is 0 Å². The van der Waals surface area contributed by atoms with E-state index in [-0.39, 0.29) is 12.3 Å². The summed E-state index contributed by atoms with van der Waals surface area (Å²) in [7, 11) is 2.79. The maximum absolute atomic E-state index is 12.7. The molecule has 0 atom stereocenters. The topological polar surface area (TPSA) is 43.4 Å². The molecule has 0 saturated heterocycles. The van der Waals surface area contributed by atoms with E-state index in [1.54, 1.807) is 0 Å². The lowest BCUT2D eigenvalue weighted by Gasteiger charge is -2.16. The van der Waals surface area contributed by atoms with E-state index in [0.29, 0.717) is 11.4 Å². The first-order valence-electron chi connectivity index (χ1n) is 5.35. The van der Waals surface area contributed by atoms with Crippen molar-refractivity contribution in [2.75, 3.05) is 20.8 Å². The summed E-state index contributed by atoms with van der Waals surface area (Å²) >= 11 is 0. The van der Waals surface area contributed by atoms with Crippen LogP contribution in [0, 0.1) is 0 Å². The molecule has 0 aliphatic rings. The Kier molecular flexibility index (Phi) is 5.34. The number of nitrogens with zero attached hydrogens (tertiary/aromatic N) is 1. The van der Waals surface area contributed by atoms with E-state index in [4.69, 9.17) is 9.47 Å². The molecule has 1 rings (SSSR count). The second-order valence-corrected chi connectivity index (χ2v) is 3.66. The molecule has 1 aromatic rings. The van der Waals surface area contributed by atoms with Gasteiger partial charge in [-0.2, -0.15) is 8.78 Å². The molecule has 4 nitrogen and oxygen atoms in total. The normalized spacial score (nSPS) is 11.7. The average molecular weight is 282 g/mol. The Hall–Kier alpha value is -1.57. The van der Waals surface area contributed by atoms with Gasteiger partial charge in [0.2, 0.25) is 0 Å². The number of halogens is 4. The predicted octanol–water partition coefficient (Wildman–Crippen LogP) is 2.09. The third-order valence-electron chi connectivity index (χ3n) is 2.34. The highest BCUT2D eigenvalue weighted by atomic mass is 19.3. The molecule has 19 heavy (non-hydrogen) atoms. The lowest BCUT2D eigenvalue weighted by atomic mass is 10.3. The van der Waals surface area contributed by atoms with Crippen LogP contribution in [0.4, 0.5) is 17.6 Å². The number of ether oxygens (including phenoxy) is 2. The maximum Gasteiger partial charge on any atom is 0.319 e. The van der Waals surface area contributed by atoms with Gasteiger partial charge in [0.05, 0.1) is 26.5 Å². The number of rotatable bonds is 7. The molecule has 0 amide bonds. The molecule has 1 heterocycles. The fraction of sp³-hybridized carbons (Fsp3) is 0.545. The van der Waals surface area contributed by atoms with Crippen LogP contribution in [0.3, 0.4) is 0 Å². The minimum Gasteiger partial charge on any atom is -0.493 e. The first-order chi connectivity index (χ1) is 8.92. The van der Waals surface area contributed by atoms with E-state index in [0.717, 1.165) is 0 Å². The van der Waals surface area contributed by atoms with Crippen molar-refractivity contribution >= 4 is 0 Å². The summed E-state index contributed by atoms with van der Waals surface area (Å²) in [5.74, 6) is -3.42. The molecule has 0 aliphatic carbocycles. The molecule has 0 fully saturated rings. The zero-order valence-corrected chi connectivity index (χ0v) is 10.4. The lowest BCUT2D eigenvalue weighted by Crippen LogP contribution is -2.38. The van der Waals surface area contributed by atoms with Gasteiger partial charge in [0.25, 0.3) is 0 Å². The van der Waals surface area contributed by atoms with E-state index in [9.17, 15) is 17.6 Å². The van der Waals surface area contributed by atoms with Gasteiger partial charge in [-0.05, 0) is 0 Å². The Morgan fingerprint density at radius 3 is 2.53 bits per heavy atom. The number of hydrogen-bond donors (Lipinski definition) is 1. The third-order valence-corrected chi connectivity index (χ3v) is 2.34. The number of methoxy groups -OCH3 is 2. The Morgan fingerprint density at radius 2 is 2.00 bits per heavy atom. The Bertz CT molecular complexity index is 416. The molecule has 8 heteroatoms. The largest absolute Gasteiger partial charge is 0.493 e. The fourth-order valence-corrected chi connectivity index (χ4v) is 1.40. The van der Waals surface area contributed by atoms with Gasteiger partial charge in [-0.3, -0.25) is 4.98 Å². The van der Waals surface area contributed by atoms with Crippen molar-refractivity contribution in [1.82, 2.24) is 10.3 Å².